The predicted octanol–water partition coefficient (Wildman–Crippen LogP) is 2.13. The van der Waals surface area contributed by atoms with Crippen LogP contribution in [0.25, 0.3) is 5.69 Å². The minimum absolute atomic E-state index is 0.386. The summed E-state index contributed by atoms with van der Waals surface area (Å²) >= 11 is 5.14. The molecule has 4 nitrogen and oxygen atoms in total. The number of H-pyrrole nitrogens is 1. The number of benzene rings is 1. The van der Waals surface area contributed by atoms with Crippen LogP contribution in [0, 0.1) is 18.6 Å². The lowest BCUT2D eigenvalue weighted by Crippen LogP contribution is -2.04. The van der Waals surface area contributed by atoms with Crippen molar-refractivity contribution < 1.29 is 0 Å². The van der Waals surface area contributed by atoms with E-state index in [1.54, 1.807) is 4.57 Å². The van der Waals surface area contributed by atoms with Crippen molar-refractivity contribution in [3.8, 4) is 5.69 Å². The highest BCUT2D eigenvalue weighted by molar-refractivity contribution is 7.71. The number of rotatable bonds is 1. The highest BCUT2D eigenvalue weighted by atomic mass is 32.1. The van der Waals surface area contributed by atoms with Crippen molar-refractivity contribution in [3.63, 3.8) is 0 Å². The number of aromatic amines is 1. The van der Waals surface area contributed by atoms with Gasteiger partial charge in [0, 0.05) is 0 Å². The van der Waals surface area contributed by atoms with Crippen LogP contribution in [0.1, 0.15) is 11.1 Å². The van der Waals surface area contributed by atoms with E-state index in [9.17, 15) is 0 Å². The number of nitrogens with one attached hydrogen (secondary N) is 1. The highest BCUT2D eigenvalue weighted by Gasteiger charge is 2.09. The van der Waals surface area contributed by atoms with Gasteiger partial charge in [-0.05, 0) is 37.2 Å². The molecule has 1 aromatic carbocycles. The molecule has 0 unspecified atom stereocenters. The molecule has 2 aromatic rings. The molecule has 0 radical (unpaired) electrons. The fourth-order valence-electron chi connectivity index (χ4n) is 1.68. The van der Waals surface area contributed by atoms with Crippen LogP contribution in [0.3, 0.4) is 0 Å². The van der Waals surface area contributed by atoms with E-state index in [4.69, 9.17) is 18.0 Å². The third kappa shape index (κ3) is 1.55. The van der Waals surface area contributed by atoms with E-state index >= 15 is 0 Å². The first-order valence-corrected chi connectivity index (χ1v) is 5.01. The van der Waals surface area contributed by atoms with E-state index in [0.29, 0.717) is 10.7 Å². The van der Waals surface area contributed by atoms with Crippen LogP contribution in [0.15, 0.2) is 18.2 Å². The van der Waals surface area contributed by atoms with Gasteiger partial charge in [-0.1, -0.05) is 18.2 Å². The van der Waals surface area contributed by atoms with Gasteiger partial charge in [0.15, 0.2) is 0 Å². The normalized spacial score (nSPS) is 10.5. The van der Waals surface area contributed by atoms with Crippen LogP contribution in [0.5, 0.6) is 0 Å². The Morgan fingerprint density at radius 2 is 1.93 bits per heavy atom. The van der Waals surface area contributed by atoms with Crippen molar-refractivity contribution in [1.29, 1.82) is 0 Å². The number of para-hydroxylation sites is 1. The number of aromatic nitrogens is 3. The molecule has 0 amide bonds. The van der Waals surface area contributed by atoms with E-state index in [2.05, 4.69) is 10.2 Å². The molecule has 2 rings (SSSR count). The molecular formula is C10H12N4S. The molecule has 0 bridgehead atoms. The van der Waals surface area contributed by atoms with Gasteiger partial charge in [-0.2, -0.15) is 0 Å². The molecule has 0 aliphatic heterocycles. The Morgan fingerprint density at radius 3 is 2.40 bits per heavy atom. The number of nitrogens with zero attached hydrogens (tertiary/aromatic N) is 2. The van der Waals surface area contributed by atoms with Crippen molar-refractivity contribution in [1.82, 2.24) is 14.8 Å². The van der Waals surface area contributed by atoms with Crippen LogP contribution in [0.4, 0.5) is 5.95 Å². The Hall–Kier alpha value is -1.62. The Morgan fingerprint density at radius 1 is 1.33 bits per heavy atom. The third-order valence-electron chi connectivity index (χ3n) is 2.36. The number of nitrogen functional groups attached to an aromatic ring is 1. The van der Waals surface area contributed by atoms with Crippen LogP contribution < -0.4 is 5.73 Å². The number of hydrogen-bond donors (Lipinski definition) is 2. The summed E-state index contributed by atoms with van der Waals surface area (Å²) in [5.41, 5.74) is 9.02. The maximum atomic E-state index is 5.77. The monoisotopic (exact) mass is 220 g/mol. The van der Waals surface area contributed by atoms with Crippen LogP contribution in [-0.4, -0.2) is 14.8 Å². The van der Waals surface area contributed by atoms with Crippen molar-refractivity contribution >= 4 is 18.2 Å². The summed E-state index contributed by atoms with van der Waals surface area (Å²) in [6.45, 7) is 4.05. The lowest BCUT2D eigenvalue weighted by Gasteiger charge is -2.10. The fourth-order valence-corrected chi connectivity index (χ4v) is 1.91. The molecule has 0 aliphatic rings. The van der Waals surface area contributed by atoms with E-state index in [1.165, 1.54) is 0 Å². The Kier molecular flexibility index (Phi) is 2.32. The molecule has 1 aromatic heterocycles. The summed E-state index contributed by atoms with van der Waals surface area (Å²) in [6, 6.07) is 6.06. The molecule has 0 aliphatic carbocycles. The van der Waals surface area contributed by atoms with E-state index < -0.39 is 0 Å². The zero-order valence-corrected chi connectivity index (χ0v) is 9.43. The second kappa shape index (κ2) is 3.51. The minimum Gasteiger partial charge on any atom is -0.368 e. The largest absolute Gasteiger partial charge is 0.368 e. The van der Waals surface area contributed by atoms with Crippen LogP contribution in [-0.2, 0) is 0 Å². The lowest BCUT2D eigenvalue weighted by atomic mass is 10.1. The quantitative estimate of drug-likeness (QED) is 0.724. The molecule has 0 saturated carbocycles. The first-order valence-electron chi connectivity index (χ1n) is 4.60. The average molecular weight is 220 g/mol. The summed E-state index contributed by atoms with van der Waals surface area (Å²) in [6.07, 6.45) is 0. The standard InChI is InChI=1S/C10H12N4S/c1-6-4-3-5-7(2)8(6)14-9(11)12-13-10(14)15/h3-5H,1-2H3,(H2,11,12)(H,13,15). The summed E-state index contributed by atoms with van der Waals surface area (Å²) in [5, 5.41) is 6.58. The molecule has 5 heteroatoms. The summed E-state index contributed by atoms with van der Waals surface area (Å²) < 4.78 is 2.27. The minimum atomic E-state index is 0.386. The Balaban J connectivity index is 2.80. The van der Waals surface area contributed by atoms with Gasteiger partial charge >= 0.3 is 0 Å². The van der Waals surface area contributed by atoms with E-state index in [1.807, 2.05) is 32.0 Å². The van der Waals surface area contributed by atoms with Gasteiger partial charge in [0.1, 0.15) is 0 Å². The van der Waals surface area contributed by atoms with Crippen molar-refractivity contribution in [2.24, 2.45) is 0 Å². The molecule has 0 atom stereocenters. The first-order chi connectivity index (χ1) is 7.11. The van der Waals surface area contributed by atoms with Crippen molar-refractivity contribution in [2.45, 2.75) is 13.8 Å². The number of nitrogens with two attached hydrogens (primary N) is 1. The zero-order valence-electron chi connectivity index (χ0n) is 8.61. The van der Waals surface area contributed by atoms with Crippen molar-refractivity contribution in [3.05, 3.63) is 34.1 Å². The Bertz CT molecular complexity index is 533. The predicted molar refractivity (Wildman–Crippen MR) is 62.6 cm³/mol. The van der Waals surface area contributed by atoms with Gasteiger partial charge in [-0.15, -0.1) is 5.10 Å². The number of hydrogen-bond acceptors (Lipinski definition) is 3. The summed E-state index contributed by atoms with van der Waals surface area (Å²) in [4.78, 5) is 0. The maximum Gasteiger partial charge on any atom is 0.225 e. The molecule has 0 fully saturated rings. The topological polar surface area (TPSA) is 59.6 Å². The third-order valence-corrected chi connectivity index (χ3v) is 2.64. The number of aryl methyl sites for hydroxylation is 2. The van der Waals surface area contributed by atoms with Gasteiger partial charge < -0.3 is 5.73 Å². The summed E-state index contributed by atoms with van der Waals surface area (Å²) in [7, 11) is 0. The van der Waals surface area contributed by atoms with Gasteiger partial charge in [0.25, 0.3) is 0 Å². The SMILES string of the molecule is Cc1cccc(C)c1-n1c(N)n[nH]c1=S. The van der Waals surface area contributed by atoms with E-state index in [-0.39, 0.29) is 0 Å². The van der Waals surface area contributed by atoms with Crippen LogP contribution >= 0.6 is 12.2 Å². The number of anilines is 1. The first kappa shape index (κ1) is 9.92. The summed E-state index contributed by atoms with van der Waals surface area (Å²) in [5.74, 6) is 0.386. The van der Waals surface area contributed by atoms with Gasteiger partial charge in [-0.3, -0.25) is 4.57 Å². The average Bonchev–Trinajstić information content (AvgIpc) is 2.49. The second-order valence-electron chi connectivity index (χ2n) is 3.46. The molecule has 3 N–H and O–H groups in total. The molecule has 0 saturated heterocycles. The maximum absolute atomic E-state index is 5.77. The fraction of sp³-hybridized carbons (Fsp3) is 0.200. The second-order valence-corrected chi connectivity index (χ2v) is 3.85. The molecule has 1 heterocycles. The molecular weight excluding hydrogens is 208 g/mol. The van der Waals surface area contributed by atoms with Crippen molar-refractivity contribution in [2.75, 3.05) is 5.73 Å². The molecule has 15 heavy (non-hydrogen) atoms. The van der Waals surface area contributed by atoms with Gasteiger partial charge in [0.2, 0.25) is 10.7 Å². The smallest absolute Gasteiger partial charge is 0.225 e. The van der Waals surface area contributed by atoms with Crippen LogP contribution in [0.2, 0.25) is 0 Å². The van der Waals surface area contributed by atoms with E-state index in [0.717, 1.165) is 16.8 Å². The Labute approximate surface area is 92.7 Å². The van der Waals surface area contributed by atoms with Gasteiger partial charge in [-0.25, -0.2) is 5.10 Å². The zero-order chi connectivity index (χ0) is 11.0. The molecule has 78 valence electrons. The molecule has 0 spiro atoms. The lowest BCUT2D eigenvalue weighted by molar-refractivity contribution is 1.01. The highest BCUT2D eigenvalue weighted by Crippen LogP contribution is 2.20. The van der Waals surface area contributed by atoms with Gasteiger partial charge in [0.05, 0.1) is 5.69 Å².